The fraction of sp³-hybridized carbons (Fsp3) is 0.136. The van der Waals surface area contributed by atoms with Crippen LogP contribution < -0.4 is 11.4 Å². The fourth-order valence-electron chi connectivity index (χ4n) is 3.42. The molecule has 4 aromatic rings. The van der Waals surface area contributed by atoms with Crippen molar-refractivity contribution in [2.45, 2.75) is 13.5 Å². The molecular weight excluding hydrogens is 455 g/mol. The molecule has 0 radical (unpaired) electrons. The summed E-state index contributed by atoms with van der Waals surface area (Å²) in [4.78, 5) is 46.0. The number of hydrogen-bond acceptors (Lipinski definition) is 6. The van der Waals surface area contributed by atoms with E-state index in [4.69, 9.17) is 10.5 Å². The van der Waals surface area contributed by atoms with Gasteiger partial charge in [-0.05, 0) is 43.3 Å². The first-order chi connectivity index (χ1) is 16.2. The minimum Gasteiger partial charge on any atom is -0.465 e. The van der Waals surface area contributed by atoms with Crippen LogP contribution in [0.4, 0.5) is 13.2 Å². The number of fused-ring (bicyclic) bond motifs is 1. The summed E-state index contributed by atoms with van der Waals surface area (Å²) >= 11 is 0. The monoisotopic (exact) mass is 471 g/mol. The number of rotatable bonds is 6. The Hall–Kier alpha value is -4.48. The Morgan fingerprint density at radius 1 is 1.03 bits per heavy atom. The Bertz CT molecular complexity index is 1500. The summed E-state index contributed by atoms with van der Waals surface area (Å²) in [7, 11) is 0. The van der Waals surface area contributed by atoms with E-state index in [0.717, 1.165) is 33.4 Å². The number of hydrogen-bond donors (Lipinski definition) is 1. The van der Waals surface area contributed by atoms with Crippen LogP contribution in [0.15, 0.2) is 47.3 Å². The molecule has 0 spiro atoms. The Morgan fingerprint density at radius 3 is 2.32 bits per heavy atom. The van der Waals surface area contributed by atoms with Gasteiger partial charge in [0.1, 0.15) is 29.5 Å². The van der Waals surface area contributed by atoms with Crippen LogP contribution in [-0.4, -0.2) is 37.6 Å². The molecule has 0 fully saturated rings. The highest BCUT2D eigenvalue weighted by molar-refractivity contribution is 6.02. The molecule has 0 aliphatic heterocycles. The van der Waals surface area contributed by atoms with E-state index in [-0.39, 0.29) is 34.8 Å². The zero-order valence-corrected chi connectivity index (χ0v) is 17.6. The Kier molecular flexibility index (Phi) is 5.88. The van der Waals surface area contributed by atoms with Gasteiger partial charge >= 0.3 is 11.7 Å². The third kappa shape index (κ3) is 4.00. The number of nitrogens with two attached hydrogens (primary N) is 1. The van der Waals surface area contributed by atoms with E-state index < -0.39 is 47.3 Å². The van der Waals surface area contributed by atoms with Crippen LogP contribution in [0.2, 0.25) is 0 Å². The van der Waals surface area contributed by atoms with Crippen LogP contribution in [0.25, 0.3) is 28.2 Å². The van der Waals surface area contributed by atoms with Crippen molar-refractivity contribution in [2.24, 2.45) is 5.73 Å². The smallest absolute Gasteiger partial charge is 0.335 e. The number of carbonyl (C=O) groups is 2. The van der Waals surface area contributed by atoms with Crippen LogP contribution in [-0.2, 0) is 16.1 Å². The van der Waals surface area contributed by atoms with Crippen molar-refractivity contribution in [2.75, 3.05) is 6.61 Å². The number of esters is 1. The molecule has 0 aliphatic carbocycles. The summed E-state index contributed by atoms with van der Waals surface area (Å²) in [5.41, 5.74) is 3.64. The van der Waals surface area contributed by atoms with E-state index in [0.29, 0.717) is 6.07 Å². The predicted molar refractivity (Wildman–Crippen MR) is 114 cm³/mol. The largest absolute Gasteiger partial charge is 0.465 e. The van der Waals surface area contributed by atoms with Crippen molar-refractivity contribution < 1.29 is 27.5 Å². The van der Waals surface area contributed by atoms with E-state index in [1.165, 1.54) is 12.1 Å². The molecule has 2 aromatic carbocycles. The number of aromatic nitrogens is 4. The number of ether oxygens (including phenoxy) is 1. The van der Waals surface area contributed by atoms with Crippen LogP contribution in [0, 0.1) is 17.5 Å². The molecule has 4 rings (SSSR count). The molecule has 2 heterocycles. The topological polar surface area (TPSA) is 122 Å². The molecule has 2 N–H and O–H groups in total. The van der Waals surface area contributed by atoms with Crippen molar-refractivity contribution in [3.63, 3.8) is 0 Å². The lowest BCUT2D eigenvalue weighted by Crippen LogP contribution is -2.28. The predicted octanol–water partition coefficient (Wildman–Crippen LogP) is 2.33. The summed E-state index contributed by atoms with van der Waals surface area (Å²) < 4.78 is 48.2. The summed E-state index contributed by atoms with van der Waals surface area (Å²) in [6.07, 6.45) is 0. The maximum Gasteiger partial charge on any atom is 0.335 e. The number of imidazole rings is 1. The Labute approximate surface area is 189 Å². The van der Waals surface area contributed by atoms with Crippen LogP contribution in [0.1, 0.15) is 17.4 Å². The van der Waals surface area contributed by atoms with E-state index in [9.17, 15) is 27.6 Å². The lowest BCUT2D eigenvalue weighted by molar-refractivity contribution is -0.143. The van der Waals surface area contributed by atoms with Crippen molar-refractivity contribution in [3.8, 4) is 17.1 Å². The normalized spacial score (nSPS) is 11.1. The summed E-state index contributed by atoms with van der Waals surface area (Å²) in [6, 6.07) is 7.36. The molecule has 9 nitrogen and oxygen atoms in total. The number of amides is 1. The summed E-state index contributed by atoms with van der Waals surface area (Å²) in [5.74, 6) is -4.67. The maximum atomic E-state index is 14.5. The Morgan fingerprint density at radius 2 is 1.71 bits per heavy atom. The molecule has 0 saturated heterocycles. The molecule has 0 unspecified atom stereocenters. The highest BCUT2D eigenvalue weighted by Crippen LogP contribution is 2.26. The van der Waals surface area contributed by atoms with Crippen molar-refractivity contribution in [1.29, 1.82) is 0 Å². The Balaban J connectivity index is 2.10. The van der Waals surface area contributed by atoms with Crippen molar-refractivity contribution in [1.82, 2.24) is 19.1 Å². The second kappa shape index (κ2) is 8.81. The van der Waals surface area contributed by atoms with E-state index in [1.54, 1.807) is 6.92 Å². The van der Waals surface area contributed by atoms with Gasteiger partial charge in [-0.2, -0.15) is 0 Å². The average Bonchev–Trinajstić information content (AvgIpc) is 3.05. The molecule has 2 aromatic heterocycles. The number of primary amides is 1. The number of carbonyl (C=O) groups excluding carboxylic acids is 2. The van der Waals surface area contributed by atoms with Gasteiger partial charge in [0, 0.05) is 6.07 Å². The van der Waals surface area contributed by atoms with E-state index in [1.807, 2.05) is 0 Å². The van der Waals surface area contributed by atoms with Crippen LogP contribution in [0.3, 0.4) is 0 Å². The van der Waals surface area contributed by atoms with E-state index in [2.05, 4.69) is 9.97 Å². The van der Waals surface area contributed by atoms with Crippen molar-refractivity contribution >= 4 is 23.0 Å². The molecule has 174 valence electrons. The minimum atomic E-state index is -1.09. The van der Waals surface area contributed by atoms with Crippen LogP contribution >= 0.6 is 0 Å². The molecule has 34 heavy (non-hydrogen) atoms. The number of nitrogens with zero attached hydrogens (tertiary/aromatic N) is 4. The maximum absolute atomic E-state index is 14.5. The zero-order valence-electron chi connectivity index (χ0n) is 17.6. The third-order valence-corrected chi connectivity index (χ3v) is 4.85. The minimum absolute atomic E-state index is 0.0390. The second-order valence-electron chi connectivity index (χ2n) is 7.04. The zero-order chi connectivity index (χ0) is 24.6. The van der Waals surface area contributed by atoms with Gasteiger partial charge in [0.05, 0.1) is 17.9 Å². The molecule has 0 saturated carbocycles. The molecular formula is C22H16F3N5O4. The first-order valence-electron chi connectivity index (χ1n) is 9.91. The molecule has 12 heteroatoms. The first-order valence-corrected chi connectivity index (χ1v) is 9.91. The van der Waals surface area contributed by atoms with Gasteiger partial charge < -0.3 is 10.5 Å². The first kappa shape index (κ1) is 22.7. The van der Waals surface area contributed by atoms with E-state index >= 15 is 0 Å². The van der Waals surface area contributed by atoms with Gasteiger partial charge in [-0.25, -0.2) is 32.5 Å². The molecule has 0 bridgehead atoms. The van der Waals surface area contributed by atoms with Gasteiger partial charge in [0.15, 0.2) is 17.2 Å². The van der Waals surface area contributed by atoms with Gasteiger partial charge in [-0.3, -0.25) is 14.2 Å². The van der Waals surface area contributed by atoms with Gasteiger partial charge in [-0.15, -0.1) is 0 Å². The highest BCUT2D eigenvalue weighted by atomic mass is 19.1. The summed E-state index contributed by atoms with van der Waals surface area (Å²) in [5, 5.41) is 0. The van der Waals surface area contributed by atoms with Crippen molar-refractivity contribution in [3.05, 3.63) is 76.1 Å². The third-order valence-electron chi connectivity index (χ3n) is 4.85. The number of benzene rings is 2. The second-order valence-corrected chi connectivity index (χ2v) is 7.04. The standard InChI is InChI=1S/C22H16F3N5O4/c1-2-34-16(31)10-29-18-17(19(26)32)27-20(14-8-5-12(24)9-15(14)25)28-21(18)30(22(29)33)13-6-3-11(23)4-7-13/h3-9H,2,10H2,1H3,(H2,26,32). The SMILES string of the molecule is CCOC(=O)Cn1c(=O)n(-c2ccc(F)cc2)c2nc(-c3ccc(F)cc3F)nc(C(N)=O)c21. The van der Waals surface area contributed by atoms with Gasteiger partial charge in [0.25, 0.3) is 5.91 Å². The summed E-state index contributed by atoms with van der Waals surface area (Å²) in [6.45, 7) is 1.01. The fourth-order valence-corrected chi connectivity index (χ4v) is 3.42. The quantitative estimate of drug-likeness (QED) is 0.431. The average molecular weight is 471 g/mol. The molecule has 0 aliphatic rings. The molecule has 0 atom stereocenters. The number of halogens is 3. The highest BCUT2D eigenvalue weighted by Gasteiger charge is 2.26. The lowest BCUT2D eigenvalue weighted by atomic mass is 10.2. The molecule has 1 amide bonds. The lowest BCUT2D eigenvalue weighted by Gasteiger charge is -2.08. The van der Waals surface area contributed by atoms with Gasteiger partial charge in [0.2, 0.25) is 0 Å². The van der Waals surface area contributed by atoms with Gasteiger partial charge in [-0.1, -0.05) is 0 Å². The van der Waals surface area contributed by atoms with Crippen LogP contribution in [0.5, 0.6) is 0 Å².